The maximum Gasteiger partial charge on any atom is 0.293 e. The van der Waals surface area contributed by atoms with Crippen molar-refractivity contribution in [2.75, 3.05) is 4.90 Å². The summed E-state index contributed by atoms with van der Waals surface area (Å²) < 4.78 is 0. The highest BCUT2D eigenvalue weighted by molar-refractivity contribution is 5.94. The summed E-state index contributed by atoms with van der Waals surface area (Å²) in [5.74, 6) is -0.671. The molecule has 19 heavy (non-hydrogen) atoms. The molecule has 0 aliphatic rings. The van der Waals surface area contributed by atoms with Gasteiger partial charge >= 0.3 is 0 Å². The van der Waals surface area contributed by atoms with E-state index in [4.69, 9.17) is 5.73 Å². The van der Waals surface area contributed by atoms with E-state index >= 15 is 0 Å². The van der Waals surface area contributed by atoms with Crippen molar-refractivity contribution in [3.05, 3.63) is 33.9 Å². The van der Waals surface area contributed by atoms with Gasteiger partial charge in [-0.3, -0.25) is 14.9 Å². The van der Waals surface area contributed by atoms with E-state index in [9.17, 15) is 14.9 Å². The van der Waals surface area contributed by atoms with Gasteiger partial charge in [0.05, 0.1) is 4.92 Å². The van der Waals surface area contributed by atoms with Crippen LogP contribution in [-0.2, 0) is 0 Å². The predicted octanol–water partition coefficient (Wildman–Crippen LogP) is 2.32. The Kier molecular flexibility index (Phi) is 4.47. The average Bonchev–Trinajstić information content (AvgIpc) is 2.27. The molecule has 0 atom stereocenters. The van der Waals surface area contributed by atoms with Gasteiger partial charge in [0.15, 0.2) is 0 Å². The van der Waals surface area contributed by atoms with Crippen molar-refractivity contribution < 1.29 is 9.72 Å². The normalized spacial score (nSPS) is 10.8. The maximum absolute atomic E-state index is 11.2. The molecule has 0 unspecified atom stereocenters. The molecule has 0 aromatic heterocycles. The Labute approximate surface area is 112 Å². The van der Waals surface area contributed by atoms with Crippen molar-refractivity contribution >= 4 is 17.3 Å². The first kappa shape index (κ1) is 14.9. The van der Waals surface area contributed by atoms with Crippen molar-refractivity contribution in [1.29, 1.82) is 0 Å². The standard InChI is InChI=1S/C13H19N3O3/c1-8(2)15(9(3)4)11-6-5-10(13(14)17)7-12(11)16(18)19/h5-9H,1-4H3,(H2,14,17). The van der Waals surface area contributed by atoms with E-state index in [0.29, 0.717) is 5.69 Å². The van der Waals surface area contributed by atoms with Crippen LogP contribution in [0, 0.1) is 10.1 Å². The fourth-order valence-electron chi connectivity index (χ4n) is 2.19. The number of nitrogens with zero attached hydrogens (tertiary/aromatic N) is 2. The van der Waals surface area contributed by atoms with Crippen LogP contribution in [0.5, 0.6) is 0 Å². The number of carbonyl (C=O) groups excluding carboxylic acids is 1. The highest BCUT2D eigenvalue weighted by Gasteiger charge is 2.24. The van der Waals surface area contributed by atoms with Gasteiger partial charge in [0.2, 0.25) is 5.91 Å². The number of anilines is 1. The number of primary amides is 1. The molecular formula is C13H19N3O3. The number of nitro groups is 1. The molecule has 0 aliphatic heterocycles. The molecule has 104 valence electrons. The molecule has 1 aromatic carbocycles. The summed E-state index contributed by atoms with van der Waals surface area (Å²) in [7, 11) is 0. The van der Waals surface area contributed by atoms with Gasteiger partial charge < -0.3 is 10.6 Å². The predicted molar refractivity (Wildman–Crippen MR) is 74.4 cm³/mol. The van der Waals surface area contributed by atoms with Gasteiger partial charge in [-0.15, -0.1) is 0 Å². The van der Waals surface area contributed by atoms with Crippen LogP contribution in [0.1, 0.15) is 38.1 Å². The van der Waals surface area contributed by atoms with Crippen LogP contribution in [-0.4, -0.2) is 22.9 Å². The number of nitro benzene ring substituents is 1. The minimum absolute atomic E-state index is 0.0984. The van der Waals surface area contributed by atoms with E-state index in [-0.39, 0.29) is 23.3 Å². The first-order valence-corrected chi connectivity index (χ1v) is 6.12. The molecule has 0 heterocycles. The van der Waals surface area contributed by atoms with Crippen LogP contribution in [0.4, 0.5) is 11.4 Å². The molecule has 1 amide bonds. The molecule has 0 bridgehead atoms. The summed E-state index contributed by atoms with van der Waals surface area (Å²) in [6.07, 6.45) is 0. The summed E-state index contributed by atoms with van der Waals surface area (Å²) in [6, 6.07) is 4.55. The van der Waals surface area contributed by atoms with Crippen LogP contribution < -0.4 is 10.6 Å². The molecule has 0 radical (unpaired) electrons. The van der Waals surface area contributed by atoms with Gasteiger partial charge in [-0.05, 0) is 39.8 Å². The topological polar surface area (TPSA) is 89.5 Å². The molecule has 6 heteroatoms. The van der Waals surface area contributed by atoms with E-state index in [1.54, 1.807) is 6.07 Å². The second-order valence-corrected chi connectivity index (χ2v) is 4.92. The lowest BCUT2D eigenvalue weighted by atomic mass is 10.1. The molecule has 0 aliphatic carbocycles. The maximum atomic E-state index is 11.2. The van der Waals surface area contributed by atoms with Crippen LogP contribution in [0.3, 0.4) is 0 Å². The third-order valence-corrected chi connectivity index (χ3v) is 2.85. The van der Waals surface area contributed by atoms with Gasteiger partial charge in [-0.1, -0.05) is 0 Å². The summed E-state index contributed by atoms with van der Waals surface area (Å²) in [6.45, 7) is 7.86. The molecule has 0 saturated carbocycles. The molecule has 6 nitrogen and oxygen atoms in total. The number of nitrogens with two attached hydrogens (primary N) is 1. The SMILES string of the molecule is CC(C)N(c1ccc(C(N)=O)cc1[N+](=O)[O-])C(C)C. The summed E-state index contributed by atoms with van der Waals surface area (Å²) in [5, 5.41) is 11.2. The van der Waals surface area contributed by atoms with Gasteiger partial charge in [0.25, 0.3) is 5.69 Å². The molecule has 1 rings (SSSR count). The average molecular weight is 265 g/mol. The number of rotatable bonds is 5. The lowest BCUT2D eigenvalue weighted by Gasteiger charge is -2.32. The molecule has 1 aromatic rings. The fourth-order valence-corrected chi connectivity index (χ4v) is 2.19. The fraction of sp³-hybridized carbons (Fsp3) is 0.462. The zero-order valence-electron chi connectivity index (χ0n) is 11.6. The molecule has 0 saturated heterocycles. The first-order chi connectivity index (χ1) is 8.75. The second-order valence-electron chi connectivity index (χ2n) is 4.92. The Morgan fingerprint density at radius 1 is 1.26 bits per heavy atom. The minimum Gasteiger partial charge on any atom is -0.366 e. The van der Waals surface area contributed by atoms with E-state index in [0.717, 1.165) is 0 Å². The Morgan fingerprint density at radius 2 is 1.79 bits per heavy atom. The first-order valence-electron chi connectivity index (χ1n) is 6.12. The zero-order valence-corrected chi connectivity index (χ0v) is 11.6. The largest absolute Gasteiger partial charge is 0.366 e. The highest BCUT2D eigenvalue weighted by atomic mass is 16.6. The van der Waals surface area contributed by atoms with Crippen molar-refractivity contribution in [2.24, 2.45) is 5.73 Å². The van der Waals surface area contributed by atoms with Crippen molar-refractivity contribution in [1.82, 2.24) is 0 Å². The molecule has 2 N–H and O–H groups in total. The summed E-state index contributed by atoms with van der Waals surface area (Å²) >= 11 is 0. The van der Waals surface area contributed by atoms with E-state index in [1.807, 2.05) is 32.6 Å². The van der Waals surface area contributed by atoms with Gasteiger partial charge in [-0.25, -0.2) is 0 Å². The van der Waals surface area contributed by atoms with Gasteiger partial charge in [0.1, 0.15) is 5.69 Å². The van der Waals surface area contributed by atoms with E-state index in [2.05, 4.69) is 0 Å². The quantitative estimate of drug-likeness (QED) is 0.653. The monoisotopic (exact) mass is 265 g/mol. The number of benzene rings is 1. The molecular weight excluding hydrogens is 246 g/mol. The van der Waals surface area contributed by atoms with Gasteiger partial charge in [-0.2, -0.15) is 0 Å². The lowest BCUT2D eigenvalue weighted by Crippen LogP contribution is -2.37. The number of hydrogen-bond donors (Lipinski definition) is 1. The Bertz CT molecular complexity index is 490. The minimum atomic E-state index is -0.671. The number of amides is 1. The third-order valence-electron chi connectivity index (χ3n) is 2.85. The van der Waals surface area contributed by atoms with E-state index in [1.165, 1.54) is 12.1 Å². The third kappa shape index (κ3) is 3.21. The Morgan fingerprint density at radius 3 is 2.16 bits per heavy atom. The highest BCUT2D eigenvalue weighted by Crippen LogP contribution is 2.32. The van der Waals surface area contributed by atoms with Crippen LogP contribution >= 0.6 is 0 Å². The summed E-state index contributed by atoms with van der Waals surface area (Å²) in [4.78, 5) is 23.7. The van der Waals surface area contributed by atoms with Crippen molar-refractivity contribution in [3.8, 4) is 0 Å². The molecule has 0 fully saturated rings. The molecule has 0 spiro atoms. The zero-order chi connectivity index (χ0) is 14.7. The van der Waals surface area contributed by atoms with E-state index < -0.39 is 10.8 Å². The Hall–Kier alpha value is -2.11. The second kappa shape index (κ2) is 5.69. The number of hydrogen-bond acceptors (Lipinski definition) is 4. The van der Waals surface area contributed by atoms with Gasteiger partial charge in [0, 0.05) is 23.7 Å². The van der Waals surface area contributed by atoms with Crippen molar-refractivity contribution in [2.45, 2.75) is 39.8 Å². The van der Waals surface area contributed by atoms with Crippen LogP contribution in [0.2, 0.25) is 0 Å². The smallest absolute Gasteiger partial charge is 0.293 e. The lowest BCUT2D eigenvalue weighted by molar-refractivity contribution is -0.384. The van der Waals surface area contributed by atoms with Crippen molar-refractivity contribution in [3.63, 3.8) is 0 Å². The van der Waals surface area contributed by atoms with Crippen LogP contribution in [0.25, 0.3) is 0 Å². The Balaban J connectivity index is 3.41. The van der Waals surface area contributed by atoms with Crippen LogP contribution in [0.15, 0.2) is 18.2 Å². The summed E-state index contributed by atoms with van der Waals surface area (Å²) in [5.41, 5.74) is 5.70. The number of carbonyl (C=O) groups is 1.